The lowest BCUT2D eigenvalue weighted by Crippen LogP contribution is -2.19. The Balaban J connectivity index is 1.88. The molecule has 0 aliphatic rings. The topological polar surface area (TPSA) is 41.1 Å². The first-order valence-corrected chi connectivity index (χ1v) is 8.38. The Kier molecular flexibility index (Phi) is 5.95. The third-order valence-corrected chi connectivity index (χ3v) is 3.90. The van der Waals surface area contributed by atoms with Crippen LogP contribution >= 0.6 is 0 Å². The summed E-state index contributed by atoms with van der Waals surface area (Å²) in [5, 5.41) is 5.86. The highest BCUT2D eigenvalue weighted by atomic mass is 19.4. The van der Waals surface area contributed by atoms with E-state index in [9.17, 15) is 18.0 Å². The third-order valence-electron chi connectivity index (χ3n) is 3.90. The van der Waals surface area contributed by atoms with Gasteiger partial charge in [0.15, 0.2) is 0 Å². The summed E-state index contributed by atoms with van der Waals surface area (Å²) >= 11 is 0. The molecule has 0 heterocycles. The van der Waals surface area contributed by atoms with E-state index in [0.29, 0.717) is 12.2 Å². The van der Waals surface area contributed by atoms with E-state index in [2.05, 4.69) is 31.4 Å². The highest BCUT2D eigenvalue weighted by Crippen LogP contribution is 2.30. The number of amides is 1. The first-order chi connectivity index (χ1) is 12.1. The average Bonchev–Trinajstić information content (AvgIpc) is 2.54. The van der Waals surface area contributed by atoms with Crippen molar-refractivity contribution in [1.82, 2.24) is 0 Å². The summed E-state index contributed by atoms with van der Waals surface area (Å²) < 4.78 is 37.6. The van der Waals surface area contributed by atoms with E-state index < -0.39 is 11.7 Å². The monoisotopic (exact) mass is 364 g/mol. The predicted molar refractivity (Wildman–Crippen MR) is 98.3 cm³/mol. The third kappa shape index (κ3) is 5.51. The van der Waals surface area contributed by atoms with Crippen LogP contribution in [0.5, 0.6) is 0 Å². The van der Waals surface area contributed by atoms with E-state index in [1.165, 1.54) is 12.1 Å². The molecule has 0 fully saturated rings. The number of alkyl halides is 3. The zero-order valence-corrected chi connectivity index (χ0v) is 15.1. The van der Waals surface area contributed by atoms with Crippen LogP contribution in [0.3, 0.4) is 0 Å². The van der Waals surface area contributed by atoms with Gasteiger partial charge in [0.05, 0.1) is 5.56 Å². The number of benzene rings is 2. The molecule has 0 aliphatic carbocycles. The largest absolute Gasteiger partial charge is 0.416 e. The highest BCUT2D eigenvalue weighted by Gasteiger charge is 2.29. The van der Waals surface area contributed by atoms with Gasteiger partial charge in [0.25, 0.3) is 0 Å². The van der Waals surface area contributed by atoms with Crippen molar-refractivity contribution in [3.63, 3.8) is 0 Å². The summed E-state index contributed by atoms with van der Waals surface area (Å²) in [6.45, 7) is 6.78. The van der Waals surface area contributed by atoms with Crippen LogP contribution in [0, 0.1) is 0 Å². The molecule has 140 valence electrons. The van der Waals surface area contributed by atoms with E-state index in [0.717, 1.165) is 23.4 Å². The number of carbonyl (C=O) groups excluding carboxylic acids is 1. The van der Waals surface area contributed by atoms with Crippen LogP contribution in [0.1, 0.15) is 38.3 Å². The number of para-hydroxylation sites is 1. The van der Waals surface area contributed by atoms with Crippen molar-refractivity contribution in [2.45, 2.75) is 38.8 Å². The van der Waals surface area contributed by atoms with Gasteiger partial charge in [-0.05, 0) is 41.3 Å². The molecule has 0 saturated carbocycles. The number of hydrogen-bond acceptors (Lipinski definition) is 2. The zero-order valence-electron chi connectivity index (χ0n) is 15.1. The number of carbonyl (C=O) groups is 1. The Labute approximate surface area is 151 Å². The quantitative estimate of drug-likeness (QED) is 0.741. The summed E-state index contributed by atoms with van der Waals surface area (Å²) in [6.07, 6.45) is -4.17. The van der Waals surface area contributed by atoms with Crippen molar-refractivity contribution in [1.29, 1.82) is 0 Å². The number of nitrogens with one attached hydrogen (secondary N) is 2. The molecule has 0 aromatic heterocycles. The van der Waals surface area contributed by atoms with Gasteiger partial charge in [0.1, 0.15) is 0 Å². The van der Waals surface area contributed by atoms with E-state index >= 15 is 0 Å². The average molecular weight is 364 g/mol. The summed E-state index contributed by atoms with van der Waals surface area (Å²) in [7, 11) is 0. The van der Waals surface area contributed by atoms with Crippen molar-refractivity contribution in [2.75, 3.05) is 17.2 Å². The first-order valence-electron chi connectivity index (χ1n) is 8.38. The number of hydrogen-bond donors (Lipinski definition) is 2. The van der Waals surface area contributed by atoms with Gasteiger partial charge < -0.3 is 10.6 Å². The van der Waals surface area contributed by atoms with Gasteiger partial charge in [-0.1, -0.05) is 39.0 Å². The highest BCUT2D eigenvalue weighted by molar-refractivity contribution is 5.91. The molecule has 2 aromatic carbocycles. The molecular weight excluding hydrogens is 341 g/mol. The molecule has 2 rings (SSSR count). The summed E-state index contributed by atoms with van der Waals surface area (Å²) in [6, 6.07) is 12.3. The Hall–Kier alpha value is -2.50. The first kappa shape index (κ1) is 19.8. The van der Waals surface area contributed by atoms with Gasteiger partial charge >= 0.3 is 6.18 Å². The molecule has 0 unspecified atom stereocenters. The molecule has 2 N–H and O–H groups in total. The van der Waals surface area contributed by atoms with E-state index in [-0.39, 0.29) is 17.7 Å². The molecule has 2 aromatic rings. The molecule has 0 aliphatic heterocycles. The Morgan fingerprint density at radius 3 is 2.15 bits per heavy atom. The fourth-order valence-electron chi connectivity index (χ4n) is 2.57. The molecule has 3 nitrogen and oxygen atoms in total. The van der Waals surface area contributed by atoms with Crippen LogP contribution in [0.2, 0.25) is 0 Å². The van der Waals surface area contributed by atoms with Crippen molar-refractivity contribution in [2.24, 2.45) is 0 Å². The second-order valence-electron chi connectivity index (χ2n) is 7.10. The van der Waals surface area contributed by atoms with Crippen LogP contribution in [0.4, 0.5) is 24.5 Å². The molecule has 0 spiro atoms. The second kappa shape index (κ2) is 7.81. The summed E-state index contributed by atoms with van der Waals surface area (Å²) in [4.78, 5) is 12.0. The van der Waals surface area contributed by atoms with Gasteiger partial charge in [0.2, 0.25) is 5.91 Å². The van der Waals surface area contributed by atoms with Gasteiger partial charge in [0, 0.05) is 24.3 Å². The lowest BCUT2D eigenvalue weighted by atomic mass is 9.86. The fraction of sp³-hybridized carbons (Fsp3) is 0.350. The Morgan fingerprint density at radius 2 is 1.58 bits per heavy atom. The number of rotatable bonds is 5. The van der Waals surface area contributed by atoms with Crippen molar-refractivity contribution < 1.29 is 18.0 Å². The number of anilines is 2. The van der Waals surface area contributed by atoms with Crippen LogP contribution in [-0.2, 0) is 16.4 Å². The lowest BCUT2D eigenvalue weighted by molar-refractivity contribution is -0.137. The van der Waals surface area contributed by atoms with Crippen molar-refractivity contribution >= 4 is 17.3 Å². The lowest BCUT2D eigenvalue weighted by Gasteiger charge is -2.23. The van der Waals surface area contributed by atoms with E-state index in [4.69, 9.17) is 0 Å². The minimum Gasteiger partial charge on any atom is -0.384 e. The van der Waals surface area contributed by atoms with Gasteiger partial charge in [-0.2, -0.15) is 13.2 Å². The van der Waals surface area contributed by atoms with Crippen molar-refractivity contribution in [3.8, 4) is 0 Å². The maximum absolute atomic E-state index is 12.5. The maximum Gasteiger partial charge on any atom is 0.416 e. The standard InChI is InChI=1S/C20H23F3N2O/c1-19(2,3)16-6-4-5-7-17(16)24-13-12-18(26)25-15-10-8-14(9-11-15)20(21,22)23/h4-11,24H,12-13H2,1-3H3,(H,25,26). The van der Waals surface area contributed by atoms with Crippen LogP contribution in [0.15, 0.2) is 48.5 Å². The summed E-state index contributed by atoms with van der Waals surface area (Å²) in [5.41, 5.74) is 1.71. The number of halogens is 3. The fourth-order valence-corrected chi connectivity index (χ4v) is 2.57. The Bertz CT molecular complexity index is 747. The van der Waals surface area contributed by atoms with Gasteiger partial charge in [-0.3, -0.25) is 4.79 Å². The smallest absolute Gasteiger partial charge is 0.384 e. The normalized spacial score (nSPS) is 11.9. The van der Waals surface area contributed by atoms with Crippen LogP contribution < -0.4 is 10.6 Å². The molecule has 0 saturated heterocycles. The molecule has 26 heavy (non-hydrogen) atoms. The SMILES string of the molecule is CC(C)(C)c1ccccc1NCCC(=O)Nc1ccc(C(F)(F)F)cc1. The Morgan fingerprint density at radius 1 is 0.962 bits per heavy atom. The second-order valence-corrected chi connectivity index (χ2v) is 7.10. The zero-order chi connectivity index (χ0) is 19.4. The molecule has 0 radical (unpaired) electrons. The molecule has 1 amide bonds. The van der Waals surface area contributed by atoms with E-state index in [1.54, 1.807) is 0 Å². The molecule has 6 heteroatoms. The van der Waals surface area contributed by atoms with E-state index in [1.807, 2.05) is 24.3 Å². The van der Waals surface area contributed by atoms with Crippen LogP contribution in [-0.4, -0.2) is 12.5 Å². The predicted octanol–water partition coefficient (Wildman–Crippen LogP) is 5.44. The van der Waals surface area contributed by atoms with Crippen molar-refractivity contribution in [3.05, 3.63) is 59.7 Å². The molecule has 0 atom stereocenters. The maximum atomic E-state index is 12.5. The molecular formula is C20H23F3N2O. The summed E-state index contributed by atoms with van der Waals surface area (Å²) in [5.74, 6) is -0.259. The van der Waals surface area contributed by atoms with Gasteiger partial charge in [-0.25, -0.2) is 0 Å². The molecule has 0 bridgehead atoms. The van der Waals surface area contributed by atoms with Gasteiger partial charge in [-0.15, -0.1) is 0 Å². The minimum atomic E-state index is -4.38. The minimum absolute atomic E-state index is 0.0217. The van der Waals surface area contributed by atoms with Crippen LogP contribution in [0.25, 0.3) is 0 Å².